The molecule has 4 fully saturated rings. The molecular formula is C32H44F3N5O5. The Balaban J connectivity index is 1.33. The van der Waals surface area contributed by atoms with E-state index in [0.717, 1.165) is 25.7 Å². The SMILES string of the molecule is CO[C@@H](C)C(=O)N[C@@H](C(=O)N1CCNC(CF)C1)[C@@H](C)c1ccc(NC(=O)[C@@H](NC(=O)C2(F)CC2)C(C2CC2)C2CC2)c(F)c1. The maximum Gasteiger partial charge on any atom is 0.258 e. The van der Waals surface area contributed by atoms with Crippen LogP contribution in [0.1, 0.15) is 63.9 Å². The monoisotopic (exact) mass is 635 g/mol. The maximum atomic E-state index is 15.6. The lowest BCUT2D eigenvalue weighted by Crippen LogP contribution is -2.59. The maximum absolute atomic E-state index is 15.6. The van der Waals surface area contributed by atoms with Gasteiger partial charge in [0.05, 0.1) is 11.7 Å². The van der Waals surface area contributed by atoms with Gasteiger partial charge in [-0.05, 0) is 80.9 Å². The lowest BCUT2D eigenvalue weighted by molar-refractivity contribution is -0.140. The van der Waals surface area contributed by atoms with Gasteiger partial charge in [-0.25, -0.2) is 13.2 Å². The molecule has 4 aliphatic rings. The van der Waals surface area contributed by atoms with E-state index in [9.17, 15) is 28.0 Å². The van der Waals surface area contributed by atoms with Gasteiger partial charge in [-0.15, -0.1) is 0 Å². The molecule has 1 saturated heterocycles. The zero-order chi connectivity index (χ0) is 32.5. The number of nitrogens with zero attached hydrogens (tertiary/aromatic N) is 1. The molecule has 1 aromatic carbocycles. The van der Waals surface area contributed by atoms with E-state index in [4.69, 9.17) is 4.74 Å². The summed E-state index contributed by atoms with van der Waals surface area (Å²) in [6.07, 6.45) is 3.14. The van der Waals surface area contributed by atoms with Gasteiger partial charge < -0.3 is 30.9 Å². The number of carbonyl (C=O) groups is 4. The summed E-state index contributed by atoms with van der Waals surface area (Å²) in [7, 11) is 1.37. The summed E-state index contributed by atoms with van der Waals surface area (Å²) in [5, 5.41) is 11.0. The summed E-state index contributed by atoms with van der Waals surface area (Å²) in [6, 6.07) is 1.54. The number of piperazine rings is 1. The van der Waals surface area contributed by atoms with Crippen LogP contribution in [0.25, 0.3) is 0 Å². The van der Waals surface area contributed by atoms with Gasteiger partial charge in [-0.2, -0.15) is 0 Å². The van der Waals surface area contributed by atoms with Crippen molar-refractivity contribution in [2.45, 2.75) is 88.2 Å². The first-order valence-electron chi connectivity index (χ1n) is 16.0. The van der Waals surface area contributed by atoms with E-state index in [1.807, 2.05) is 0 Å². The Morgan fingerprint density at radius 2 is 1.71 bits per heavy atom. The van der Waals surface area contributed by atoms with Crippen molar-refractivity contribution in [2.75, 3.05) is 38.7 Å². The quantitative estimate of drug-likeness (QED) is 0.249. The third kappa shape index (κ3) is 7.79. The molecule has 4 amide bonds. The molecule has 0 spiro atoms. The second-order valence-electron chi connectivity index (χ2n) is 13.1. The van der Waals surface area contributed by atoms with Crippen molar-refractivity contribution in [2.24, 2.45) is 17.8 Å². The van der Waals surface area contributed by atoms with Crippen LogP contribution in [0.2, 0.25) is 0 Å². The first kappa shape index (κ1) is 33.2. The van der Waals surface area contributed by atoms with E-state index < -0.39 is 71.9 Å². The summed E-state index contributed by atoms with van der Waals surface area (Å²) in [4.78, 5) is 54.1. The molecule has 5 atom stereocenters. The number of benzene rings is 1. The average Bonchev–Trinajstić information content (AvgIpc) is 3.89. The molecule has 0 radical (unpaired) electrons. The third-order valence-corrected chi connectivity index (χ3v) is 9.70. The van der Waals surface area contributed by atoms with Crippen LogP contribution in [0.4, 0.5) is 18.9 Å². The Labute approximate surface area is 261 Å². The van der Waals surface area contributed by atoms with Crippen molar-refractivity contribution in [1.82, 2.24) is 20.9 Å². The Hall–Kier alpha value is -3.19. The minimum atomic E-state index is -1.94. The van der Waals surface area contributed by atoms with Gasteiger partial charge in [0.25, 0.3) is 5.91 Å². The summed E-state index contributed by atoms with van der Waals surface area (Å²) in [6.45, 7) is 3.39. The fourth-order valence-electron chi connectivity index (χ4n) is 6.26. The number of methoxy groups -OCH3 is 1. The predicted molar refractivity (Wildman–Crippen MR) is 160 cm³/mol. The highest BCUT2D eigenvalue weighted by Gasteiger charge is 2.54. The molecule has 10 nitrogen and oxygen atoms in total. The van der Waals surface area contributed by atoms with E-state index in [-0.39, 0.29) is 42.8 Å². The van der Waals surface area contributed by atoms with Gasteiger partial charge in [-0.3, -0.25) is 19.2 Å². The molecule has 0 aromatic heterocycles. The first-order chi connectivity index (χ1) is 21.4. The number of halogens is 3. The summed E-state index contributed by atoms with van der Waals surface area (Å²) in [5.41, 5.74) is -1.67. The number of alkyl halides is 2. The van der Waals surface area contributed by atoms with Crippen LogP contribution in [-0.2, 0) is 23.9 Å². The Kier molecular flexibility index (Phi) is 10.1. The minimum absolute atomic E-state index is 0.116. The molecule has 248 valence electrons. The molecule has 0 bridgehead atoms. The molecule has 3 saturated carbocycles. The van der Waals surface area contributed by atoms with E-state index in [1.165, 1.54) is 31.1 Å². The lowest BCUT2D eigenvalue weighted by atomic mass is 9.88. The standard InChI is InChI=1S/C32H44F3N5O5/c1-17(26(38-28(41)18(2)45-3)30(43)40-13-12-36-22(15-33)16-40)21-8-9-24(23(34)14-21)37-29(42)27(39-31(44)32(35)10-11-32)25(19-4-5-19)20-6-7-20/h8-9,14,17-20,22,25-27,36H,4-7,10-13,15-16H2,1-3H3,(H,37,42)(H,38,41)(H,39,44)/t17-,18-,22?,26+,27-/m0/s1. The van der Waals surface area contributed by atoms with Gasteiger partial charge >= 0.3 is 0 Å². The highest BCUT2D eigenvalue weighted by Crippen LogP contribution is 2.51. The Morgan fingerprint density at radius 3 is 2.27 bits per heavy atom. The number of hydrogen-bond acceptors (Lipinski definition) is 6. The van der Waals surface area contributed by atoms with E-state index >= 15 is 4.39 Å². The van der Waals surface area contributed by atoms with E-state index in [1.54, 1.807) is 13.0 Å². The molecule has 4 N–H and O–H groups in total. The highest BCUT2D eigenvalue weighted by molar-refractivity contribution is 5.99. The molecule has 1 aromatic rings. The number of rotatable bonds is 14. The van der Waals surface area contributed by atoms with Gasteiger partial charge in [-0.1, -0.05) is 13.0 Å². The number of nitrogens with one attached hydrogen (secondary N) is 4. The topological polar surface area (TPSA) is 129 Å². The van der Waals surface area contributed by atoms with Crippen LogP contribution in [0, 0.1) is 23.6 Å². The number of ether oxygens (including phenoxy) is 1. The zero-order valence-corrected chi connectivity index (χ0v) is 26.0. The van der Waals surface area contributed by atoms with Gasteiger partial charge in [0.15, 0.2) is 5.67 Å². The van der Waals surface area contributed by atoms with Crippen LogP contribution in [-0.4, -0.2) is 91.8 Å². The normalized spacial score (nSPS) is 23.4. The summed E-state index contributed by atoms with van der Waals surface area (Å²) < 4.78 is 48.6. The van der Waals surface area contributed by atoms with Gasteiger partial charge in [0.2, 0.25) is 17.7 Å². The van der Waals surface area contributed by atoms with Crippen LogP contribution < -0.4 is 21.3 Å². The molecule has 13 heteroatoms. The van der Waals surface area contributed by atoms with Crippen molar-refractivity contribution >= 4 is 29.3 Å². The average molecular weight is 636 g/mol. The fourth-order valence-corrected chi connectivity index (χ4v) is 6.26. The number of amides is 4. The summed E-state index contributed by atoms with van der Waals surface area (Å²) in [5.74, 6) is -3.42. The Morgan fingerprint density at radius 1 is 1.04 bits per heavy atom. The smallest absolute Gasteiger partial charge is 0.258 e. The van der Waals surface area contributed by atoms with Crippen molar-refractivity contribution < 1.29 is 37.1 Å². The van der Waals surface area contributed by atoms with Gasteiger partial charge in [0, 0.05) is 32.7 Å². The minimum Gasteiger partial charge on any atom is -0.372 e. The Bertz CT molecular complexity index is 1280. The second kappa shape index (κ2) is 13.7. The fraction of sp³-hybridized carbons (Fsp3) is 0.688. The van der Waals surface area contributed by atoms with Crippen molar-refractivity contribution in [3.63, 3.8) is 0 Å². The zero-order valence-electron chi connectivity index (χ0n) is 26.0. The molecule has 1 heterocycles. The van der Waals surface area contributed by atoms with Crippen LogP contribution in [0.5, 0.6) is 0 Å². The van der Waals surface area contributed by atoms with Crippen molar-refractivity contribution in [3.05, 3.63) is 29.6 Å². The number of anilines is 1. The van der Waals surface area contributed by atoms with Crippen LogP contribution in [0.15, 0.2) is 18.2 Å². The first-order valence-corrected chi connectivity index (χ1v) is 16.0. The van der Waals surface area contributed by atoms with E-state index in [2.05, 4.69) is 21.3 Å². The van der Waals surface area contributed by atoms with E-state index in [0.29, 0.717) is 18.7 Å². The summed E-state index contributed by atoms with van der Waals surface area (Å²) >= 11 is 0. The molecule has 45 heavy (non-hydrogen) atoms. The lowest BCUT2D eigenvalue weighted by Gasteiger charge is -2.36. The molecular weight excluding hydrogens is 591 g/mol. The third-order valence-electron chi connectivity index (χ3n) is 9.70. The number of hydrogen-bond donors (Lipinski definition) is 4. The largest absolute Gasteiger partial charge is 0.372 e. The van der Waals surface area contributed by atoms with Crippen LogP contribution >= 0.6 is 0 Å². The van der Waals surface area contributed by atoms with Crippen molar-refractivity contribution in [1.29, 1.82) is 0 Å². The second-order valence-corrected chi connectivity index (χ2v) is 13.1. The van der Waals surface area contributed by atoms with Crippen LogP contribution in [0.3, 0.4) is 0 Å². The van der Waals surface area contributed by atoms with Crippen molar-refractivity contribution in [3.8, 4) is 0 Å². The highest BCUT2D eigenvalue weighted by atomic mass is 19.1. The predicted octanol–water partition coefficient (Wildman–Crippen LogP) is 2.58. The number of carbonyl (C=O) groups excluding carboxylic acids is 4. The van der Waals surface area contributed by atoms with Gasteiger partial charge in [0.1, 0.15) is 30.7 Å². The molecule has 1 aliphatic heterocycles. The molecule has 1 unspecified atom stereocenters. The molecule has 5 rings (SSSR count). The molecule has 3 aliphatic carbocycles.